The lowest BCUT2D eigenvalue weighted by molar-refractivity contribution is -0.136. The van der Waals surface area contributed by atoms with Gasteiger partial charge in [-0.15, -0.1) is 11.3 Å². The normalized spacial score (nSPS) is 14.2. The first-order valence-electron chi connectivity index (χ1n) is 6.32. The van der Waals surface area contributed by atoms with Crippen molar-refractivity contribution in [1.82, 2.24) is 4.72 Å². The fourth-order valence-corrected chi connectivity index (χ4v) is 3.88. The molecule has 1 heterocycles. The van der Waals surface area contributed by atoms with Crippen LogP contribution in [0.2, 0.25) is 0 Å². The SMILES string of the molecule is CC(CNS(=O)(=O)c1ccc(CC(=O)O)s1)C(C)(C)C. The van der Waals surface area contributed by atoms with E-state index in [4.69, 9.17) is 5.11 Å². The zero-order chi connectivity index (χ0) is 15.6. The minimum absolute atomic E-state index is 0.0203. The van der Waals surface area contributed by atoms with Crippen LogP contribution in [0.15, 0.2) is 16.3 Å². The maximum absolute atomic E-state index is 12.1. The van der Waals surface area contributed by atoms with Gasteiger partial charge in [0, 0.05) is 11.4 Å². The molecule has 1 aromatic heterocycles. The summed E-state index contributed by atoms with van der Waals surface area (Å²) in [6.45, 7) is 8.52. The average Bonchev–Trinajstić information content (AvgIpc) is 2.72. The minimum Gasteiger partial charge on any atom is -0.481 e. The number of hydrogen-bond donors (Lipinski definition) is 2. The van der Waals surface area contributed by atoms with E-state index in [0.717, 1.165) is 11.3 Å². The average molecular weight is 319 g/mol. The van der Waals surface area contributed by atoms with Crippen molar-refractivity contribution in [3.8, 4) is 0 Å². The van der Waals surface area contributed by atoms with Gasteiger partial charge < -0.3 is 5.11 Å². The standard InChI is InChI=1S/C13H21NO4S2/c1-9(13(2,3)4)8-14-20(17,18)12-6-5-10(19-12)7-11(15)16/h5-6,9,14H,7-8H2,1-4H3,(H,15,16). The van der Waals surface area contributed by atoms with Crippen LogP contribution in [0.1, 0.15) is 32.6 Å². The van der Waals surface area contributed by atoms with E-state index in [2.05, 4.69) is 25.5 Å². The summed E-state index contributed by atoms with van der Waals surface area (Å²) < 4.78 is 27.0. The van der Waals surface area contributed by atoms with Crippen LogP contribution in [0.5, 0.6) is 0 Å². The molecule has 20 heavy (non-hydrogen) atoms. The van der Waals surface area contributed by atoms with Gasteiger partial charge in [-0.3, -0.25) is 4.79 Å². The minimum atomic E-state index is -3.55. The topological polar surface area (TPSA) is 83.5 Å². The second-order valence-electron chi connectivity index (χ2n) is 5.91. The van der Waals surface area contributed by atoms with Gasteiger partial charge in [0.05, 0.1) is 6.42 Å². The number of aliphatic carboxylic acids is 1. The Bertz CT molecular complexity index is 569. The molecule has 2 N–H and O–H groups in total. The maximum atomic E-state index is 12.1. The maximum Gasteiger partial charge on any atom is 0.308 e. The Labute approximate surface area is 124 Å². The number of carboxylic acids is 1. The fraction of sp³-hybridized carbons (Fsp3) is 0.615. The Morgan fingerprint density at radius 1 is 1.40 bits per heavy atom. The lowest BCUT2D eigenvalue weighted by Crippen LogP contribution is -2.33. The van der Waals surface area contributed by atoms with E-state index < -0.39 is 16.0 Å². The van der Waals surface area contributed by atoms with Gasteiger partial charge in [0.25, 0.3) is 0 Å². The van der Waals surface area contributed by atoms with Gasteiger partial charge in [0.2, 0.25) is 10.0 Å². The number of rotatable bonds is 6. The molecule has 0 bridgehead atoms. The highest BCUT2D eigenvalue weighted by Gasteiger charge is 2.23. The van der Waals surface area contributed by atoms with E-state index in [0.29, 0.717) is 11.4 Å². The van der Waals surface area contributed by atoms with Crippen molar-refractivity contribution in [1.29, 1.82) is 0 Å². The van der Waals surface area contributed by atoms with Gasteiger partial charge >= 0.3 is 5.97 Å². The van der Waals surface area contributed by atoms with Crippen molar-refractivity contribution in [2.75, 3.05) is 6.54 Å². The smallest absolute Gasteiger partial charge is 0.308 e. The number of thiophene rings is 1. The number of carbonyl (C=O) groups is 1. The molecular weight excluding hydrogens is 298 g/mol. The quantitative estimate of drug-likeness (QED) is 0.843. The van der Waals surface area contributed by atoms with Crippen LogP contribution < -0.4 is 4.72 Å². The van der Waals surface area contributed by atoms with Crippen LogP contribution in [0.4, 0.5) is 0 Å². The fourth-order valence-electron chi connectivity index (χ4n) is 1.36. The molecule has 0 fully saturated rings. The first-order valence-corrected chi connectivity index (χ1v) is 8.62. The summed E-state index contributed by atoms with van der Waals surface area (Å²) in [7, 11) is -3.55. The lowest BCUT2D eigenvalue weighted by atomic mass is 9.82. The third-order valence-corrected chi connectivity index (χ3v) is 6.29. The van der Waals surface area contributed by atoms with Crippen LogP contribution in [-0.2, 0) is 21.2 Å². The Hall–Kier alpha value is -0.920. The molecule has 0 spiro atoms. The predicted octanol–water partition coefficient (Wildman–Crippen LogP) is 2.34. The largest absolute Gasteiger partial charge is 0.481 e. The summed E-state index contributed by atoms with van der Waals surface area (Å²) in [4.78, 5) is 11.1. The molecule has 0 saturated carbocycles. The van der Waals surface area contributed by atoms with Gasteiger partial charge in [-0.25, -0.2) is 13.1 Å². The van der Waals surface area contributed by atoms with Crippen molar-refractivity contribution in [2.24, 2.45) is 11.3 Å². The Kier molecular flexibility index (Phi) is 5.34. The van der Waals surface area contributed by atoms with Crippen LogP contribution >= 0.6 is 11.3 Å². The molecular formula is C13H21NO4S2. The van der Waals surface area contributed by atoms with E-state index in [1.54, 1.807) is 6.07 Å². The molecule has 0 aliphatic carbocycles. The molecule has 5 nitrogen and oxygen atoms in total. The number of hydrogen-bond acceptors (Lipinski definition) is 4. The molecule has 0 radical (unpaired) electrons. The van der Waals surface area contributed by atoms with Gasteiger partial charge in [0.1, 0.15) is 4.21 Å². The molecule has 1 unspecified atom stereocenters. The second-order valence-corrected chi connectivity index (χ2v) is 9.07. The molecule has 0 aromatic carbocycles. The monoisotopic (exact) mass is 319 g/mol. The number of carboxylic acid groups (broad SMARTS) is 1. The molecule has 1 atom stereocenters. The van der Waals surface area contributed by atoms with Gasteiger partial charge in [-0.1, -0.05) is 27.7 Å². The summed E-state index contributed by atoms with van der Waals surface area (Å²) in [5.74, 6) is -0.777. The van der Waals surface area contributed by atoms with Crippen molar-refractivity contribution < 1.29 is 18.3 Å². The van der Waals surface area contributed by atoms with Gasteiger partial charge in [-0.05, 0) is 23.5 Å². The molecule has 0 saturated heterocycles. The molecule has 0 aliphatic rings. The Morgan fingerprint density at radius 2 is 2.00 bits per heavy atom. The van der Waals surface area contributed by atoms with E-state index in [1.807, 2.05) is 6.92 Å². The van der Waals surface area contributed by atoms with Gasteiger partial charge in [0.15, 0.2) is 0 Å². The Balaban J connectivity index is 2.74. The summed E-state index contributed by atoms with van der Waals surface area (Å²) in [5.41, 5.74) is 0.0203. The lowest BCUT2D eigenvalue weighted by Gasteiger charge is -2.27. The summed E-state index contributed by atoms with van der Waals surface area (Å²) in [6, 6.07) is 2.99. The summed E-state index contributed by atoms with van der Waals surface area (Å²) >= 11 is 0.996. The molecule has 114 valence electrons. The number of sulfonamides is 1. The first-order chi connectivity index (χ1) is 9.02. The molecule has 7 heteroatoms. The van der Waals surface area contributed by atoms with Crippen LogP contribution in [0.3, 0.4) is 0 Å². The van der Waals surface area contributed by atoms with Crippen LogP contribution in [0, 0.1) is 11.3 Å². The summed E-state index contributed by atoms with van der Waals surface area (Å²) in [6.07, 6.45) is -0.154. The Morgan fingerprint density at radius 3 is 2.50 bits per heavy atom. The van der Waals surface area contributed by atoms with Crippen LogP contribution in [0.25, 0.3) is 0 Å². The first kappa shape index (κ1) is 17.1. The van der Waals surface area contributed by atoms with E-state index >= 15 is 0 Å². The van der Waals surface area contributed by atoms with E-state index in [-0.39, 0.29) is 22.0 Å². The highest BCUT2D eigenvalue weighted by Crippen LogP contribution is 2.26. The van der Waals surface area contributed by atoms with Crippen molar-refractivity contribution in [3.05, 3.63) is 17.0 Å². The molecule has 1 rings (SSSR count). The number of nitrogens with one attached hydrogen (secondary N) is 1. The predicted molar refractivity (Wildman–Crippen MR) is 79.5 cm³/mol. The zero-order valence-corrected chi connectivity index (χ0v) is 13.8. The van der Waals surface area contributed by atoms with E-state index in [1.165, 1.54) is 6.07 Å². The van der Waals surface area contributed by atoms with Crippen LogP contribution in [-0.4, -0.2) is 26.0 Å². The van der Waals surface area contributed by atoms with Crippen molar-refractivity contribution >= 4 is 27.3 Å². The third kappa shape index (κ3) is 4.88. The van der Waals surface area contributed by atoms with E-state index in [9.17, 15) is 13.2 Å². The highest BCUT2D eigenvalue weighted by atomic mass is 32.2. The highest BCUT2D eigenvalue weighted by molar-refractivity contribution is 7.91. The van der Waals surface area contributed by atoms with Gasteiger partial charge in [-0.2, -0.15) is 0 Å². The van der Waals surface area contributed by atoms with Crippen molar-refractivity contribution in [2.45, 2.75) is 38.3 Å². The molecule has 1 aromatic rings. The van der Waals surface area contributed by atoms with Crippen molar-refractivity contribution in [3.63, 3.8) is 0 Å². The zero-order valence-electron chi connectivity index (χ0n) is 12.1. The molecule has 0 aliphatic heterocycles. The second kappa shape index (κ2) is 6.24. The third-order valence-electron chi connectivity index (χ3n) is 3.29. The molecule has 0 amide bonds. The summed E-state index contributed by atoms with van der Waals surface area (Å²) in [5, 5.41) is 8.69.